The van der Waals surface area contributed by atoms with E-state index in [9.17, 15) is 9.90 Å². The molecule has 2 N–H and O–H groups in total. The van der Waals surface area contributed by atoms with Gasteiger partial charge in [-0.1, -0.05) is 6.92 Å². The lowest BCUT2D eigenvalue weighted by Crippen LogP contribution is -2.50. The van der Waals surface area contributed by atoms with Crippen LogP contribution in [-0.4, -0.2) is 47.7 Å². The van der Waals surface area contributed by atoms with Gasteiger partial charge in [0.15, 0.2) is 0 Å². The predicted molar refractivity (Wildman–Crippen MR) is 78.4 cm³/mol. The summed E-state index contributed by atoms with van der Waals surface area (Å²) >= 11 is 0. The van der Waals surface area contributed by atoms with E-state index in [4.69, 9.17) is 0 Å². The maximum absolute atomic E-state index is 11.4. The molecule has 1 atom stereocenters. The smallest absolute Gasteiger partial charge is 0.323 e. The Morgan fingerprint density at radius 1 is 1.47 bits per heavy atom. The van der Waals surface area contributed by atoms with Gasteiger partial charge in [0.25, 0.3) is 0 Å². The molecule has 1 aliphatic rings. The topological polar surface area (TPSA) is 52.6 Å². The first kappa shape index (κ1) is 16.4. The second-order valence-electron chi connectivity index (χ2n) is 6.13. The van der Waals surface area contributed by atoms with Gasteiger partial charge in [0, 0.05) is 12.6 Å². The first-order valence-corrected chi connectivity index (χ1v) is 7.61. The standard InChI is InChI=1S/C15H30N2O2/c1-5-15(16-4,14(18)19)9-6-10-17(12(2)3)11-13-7-8-13/h12-13,16H,5-11H2,1-4H3,(H,18,19). The molecule has 1 unspecified atom stereocenters. The maximum atomic E-state index is 11.4. The highest BCUT2D eigenvalue weighted by Gasteiger charge is 2.34. The number of carbonyl (C=O) groups is 1. The number of rotatable bonds is 10. The quantitative estimate of drug-likeness (QED) is 0.640. The van der Waals surface area contributed by atoms with Crippen LogP contribution in [0.25, 0.3) is 0 Å². The molecule has 1 aliphatic carbocycles. The highest BCUT2D eigenvalue weighted by molar-refractivity contribution is 5.78. The van der Waals surface area contributed by atoms with Crippen LogP contribution in [0.15, 0.2) is 0 Å². The van der Waals surface area contributed by atoms with Crippen molar-refractivity contribution in [3.05, 3.63) is 0 Å². The van der Waals surface area contributed by atoms with Crippen LogP contribution in [0.1, 0.15) is 52.9 Å². The summed E-state index contributed by atoms with van der Waals surface area (Å²) in [6, 6.07) is 0.552. The van der Waals surface area contributed by atoms with Crippen LogP contribution in [0, 0.1) is 5.92 Å². The number of likely N-dealkylation sites (N-methyl/N-ethyl adjacent to an activating group) is 1. The molecule has 4 nitrogen and oxygen atoms in total. The van der Waals surface area contributed by atoms with Crippen molar-refractivity contribution in [2.45, 2.75) is 64.5 Å². The summed E-state index contributed by atoms with van der Waals surface area (Å²) in [5, 5.41) is 12.4. The van der Waals surface area contributed by atoms with Gasteiger partial charge in [-0.15, -0.1) is 0 Å². The number of hydrogen-bond donors (Lipinski definition) is 2. The molecule has 0 bridgehead atoms. The first-order chi connectivity index (χ1) is 8.95. The van der Waals surface area contributed by atoms with E-state index in [1.165, 1.54) is 19.4 Å². The lowest BCUT2D eigenvalue weighted by atomic mass is 9.90. The molecule has 1 fully saturated rings. The van der Waals surface area contributed by atoms with Crippen LogP contribution in [0.2, 0.25) is 0 Å². The van der Waals surface area contributed by atoms with Crippen molar-refractivity contribution in [2.75, 3.05) is 20.1 Å². The molecular weight excluding hydrogens is 240 g/mol. The van der Waals surface area contributed by atoms with Gasteiger partial charge in [-0.3, -0.25) is 4.79 Å². The molecule has 0 aromatic heterocycles. The number of aliphatic carboxylic acids is 1. The van der Waals surface area contributed by atoms with Crippen molar-refractivity contribution in [2.24, 2.45) is 5.92 Å². The van der Waals surface area contributed by atoms with Crippen LogP contribution < -0.4 is 5.32 Å². The predicted octanol–water partition coefficient (Wildman–Crippen LogP) is 2.34. The molecule has 19 heavy (non-hydrogen) atoms. The van der Waals surface area contributed by atoms with E-state index < -0.39 is 11.5 Å². The van der Waals surface area contributed by atoms with Crippen molar-refractivity contribution < 1.29 is 9.90 Å². The second kappa shape index (κ2) is 7.25. The molecule has 0 spiro atoms. The number of nitrogens with one attached hydrogen (secondary N) is 1. The summed E-state index contributed by atoms with van der Waals surface area (Å²) in [4.78, 5) is 13.9. The number of hydrogen-bond acceptors (Lipinski definition) is 3. The summed E-state index contributed by atoms with van der Waals surface area (Å²) in [6.45, 7) is 8.58. The minimum atomic E-state index is -0.748. The molecule has 4 heteroatoms. The SMILES string of the molecule is CCC(CCCN(CC1CC1)C(C)C)(NC)C(=O)O. The Balaban J connectivity index is 2.42. The van der Waals surface area contributed by atoms with Crippen molar-refractivity contribution in [1.82, 2.24) is 10.2 Å². The number of carboxylic acids is 1. The van der Waals surface area contributed by atoms with Crippen LogP contribution in [0.3, 0.4) is 0 Å². The Bertz CT molecular complexity index is 284. The first-order valence-electron chi connectivity index (χ1n) is 7.61. The summed E-state index contributed by atoms with van der Waals surface area (Å²) in [6.07, 6.45) is 5.00. The van der Waals surface area contributed by atoms with Gasteiger partial charge in [0.1, 0.15) is 5.54 Å². The molecule has 0 aromatic rings. The molecule has 0 aromatic carbocycles. The molecule has 0 radical (unpaired) electrons. The zero-order valence-corrected chi connectivity index (χ0v) is 12.9. The van der Waals surface area contributed by atoms with Gasteiger partial charge in [0.2, 0.25) is 0 Å². The molecule has 0 aliphatic heterocycles. The average Bonchev–Trinajstić information content (AvgIpc) is 3.17. The third-order valence-electron chi connectivity index (χ3n) is 4.46. The van der Waals surface area contributed by atoms with Crippen LogP contribution in [0.5, 0.6) is 0 Å². The lowest BCUT2D eigenvalue weighted by Gasteiger charge is -2.31. The largest absolute Gasteiger partial charge is 0.480 e. The van der Waals surface area contributed by atoms with Crippen molar-refractivity contribution in [3.63, 3.8) is 0 Å². The Labute approximate surface area is 117 Å². The van der Waals surface area contributed by atoms with Gasteiger partial charge in [0.05, 0.1) is 0 Å². The molecule has 1 saturated carbocycles. The van der Waals surface area contributed by atoms with Gasteiger partial charge < -0.3 is 15.3 Å². The Hall–Kier alpha value is -0.610. The second-order valence-corrected chi connectivity index (χ2v) is 6.13. The zero-order valence-electron chi connectivity index (χ0n) is 12.9. The molecule has 0 heterocycles. The Morgan fingerprint density at radius 2 is 2.11 bits per heavy atom. The monoisotopic (exact) mass is 270 g/mol. The van der Waals surface area contributed by atoms with E-state index in [1.807, 2.05) is 6.92 Å². The highest BCUT2D eigenvalue weighted by atomic mass is 16.4. The van der Waals surface area contributed by atoms with Crippen LogP contribution in [-0.2, 0) is 4.79 Å². The fraction of sp³-hybridized carbons (Fsp3) is 0.933. The number of nitrogens with zero attached hydrogens (tertiary/aromatic N) is 1. The average molecular weight is 270 g/mol. The Morgan fingerprint density at radius 3 is 2.47 bits per heavy atom. The fourth-order valence-electron chi connectivity index (χ4n) is 2.62. The lowest BCUT2D eigenvalue weighted by molar-refractivity contribution is -0.145. The van der Waals surface area contributed by atoms with E-state index in [1.54, 1.807) is 7.05 Å². The normalized spacial score (nSPS) is 18.8. The van der Waals surface area contributed by atoms with E-state index in [0.29, 0.717) is 18.9 Å². The molecule has 1 rings (SSSR count). The van der Waals surface area contributed by atoms with Gasteiger partial charge >= 0.3 is 5.97 Å². The Kier molecular flexibility index (Phi) is 6.27. The third kappa shape index (κ3) is 4.77. The van der Waals surface area contributed by atoms with Gasteiger partial charge in [-0.05, 0) is 65.5 Å². The van der Waals surface area contributed by atoms with Crippen LogP contribution >= 0.6 is 0 Å². The summed E-state index contributed by atoms with van der Waals surface area (Å²) in [5.74, 6) is 0.165. The minimum Gasteiger partial charge on any atom is -0.480 e. The molecular formula is C15H30N2O2. The zero-order chi connectivity index (χ0) is 14.5. The van der Waals surface area contributed by atoms with E-state index in [2.05, 4.69) is 24.1 Å². The van der Waals surface area contributed by atoms with E-state index in [0.717, 1.165) is 18.9 Å². The van der Waals surface area contributed by atoms with Gasteiger partial charge in [-0.25, -0.2) is 0 Å². The number of carboxylic acid groups (broad SMARTS) is 1. The molecule has 0 amide bonds. The van der Waals surface area contributed by atoms with E-state index >= 15 is 0 Å². The fourth-order valence-corrected chi connectivity index (χ4v) is 2.62. The van der Waals surface area contributed by atoms with Crippen LogP contribution in [0.4, 0.5) is 0 Å². The minimum absolute atomic E-state index is 0.552. The van der Waals surface area contributed by atoms with Crippen molar-refractivity contribution >= 4 is 5.97 Å². The third-order valence-corrected chi connectivity index (χ3v) is 4.46. The highest BCUT2D eigenvalue weighted by Crippen LogP contribution is 2.30. The summed E-state index contributed by atoms with van der Waals surface area (Å²) in [5.41, 5.74) is -0.748. The van der Waals surface area contributed by atoms with Gasteiger partial charge in [-0.2, -0.15) is 0 Å². The van der Waals surface area contributed by atoms with Crippen molar-refractivity contribution in [3.8, 4) is 0 Å². The molecule has 0 saturated heterocycles. The summed E-state index contributed by atoms with van der Waals surface area (Å²) < 4.78 is 0. The summed E-state index contributed by atoms with van der Waals surface area (Å²) in [7, 11) is 1.75. The molecule has 112 valence electrons. The maximum Gasteiger partial charge on any atom is 0.323 e. The van der Waals surface area contributed by atoms with Crippen molar-refractivity contribution in [1.29, 1.82) is 0 Å². The van der Waals surface area contributed by atoms with E-state index in [-0.39, 0.29) is 0 Å².